The molecular formula is C14H23FN2. The van der Waals surface area contributed by atoms with E-state index < -0.39 is 0 Å². The SMILES string of the molecule is CC(C)C(CN)CN(C)Cc1cccc(F)c1. The Kier molecular flexibility index (Phi) is 5.59. The lowest BCUT2D eigenvalue weighted by atomic mass is 9.95. The van der Waals surface area contributed by atoms with Crippen LogP contribution in [-0.2, 0) is 6.54 Å². The third kappa shape index (κ3) is 4.84. The van der Waals surface area contributed by atoms with Crippen LogP contribution in [0.4, 0.5) is 4.39 Å². The first-order valence-electron chi connectivity index (χ1n) is 6.16. The van der Waals surface area contributed by atoms with Gasteiger partial charge < -0.3 is 10.6 Å². The minimum absolute atomic E-state index is 0.171. The molecule has 1 aromatic rings. The molecule has 0 heterocycles. The Hall–Kier alpha value is -0.930. The fourth-order valence-corrected chi connectivity index (χ4v) is 1.97. The van der Waals surface area contributed by atoms with Gasteiger partial charge in [0.15, 0.2) is 0 Å². The zero-order valence-corrected chi connectivity index (χ0v) is 11.0. The molecule has 0 aliphatic carbocycles. The van der Waals surface area contributed by atoms with Gasteiger partial charge in [0.1, 0.15) is 5.82 Å². The number of hydrogen-bond acceptors (Lipinski definition) is 2. The van der Waals surface area contributed by atoms with Gasteiger partial charge in [-0.15, -0.1) is 0 Å². The summed E-state index contributed by atoms with van der Waals surface area (Å²) in [5.74, 6) is 0.902. The number of rotatable bonds is 6. The van der Waals surface area contributed by atoms with E-state index in [1.165, 1.54) is 6.07 Å². The highest BCUT2D eigenvalue weighted by Crippen LogP contribution is 2.13. The molecule has 0 aliphatic rings. The zero-order chi connectivity index (χ0) is 12.8. The molecule has 96 valence electrons. The van der Waals surface area contributed by atoms with Crippen LogP contribution < -0.4 is 5.73 Å². The number of nitrogens with zero attached hydrogens (tertiary/aromatic N) is 1. The van der Waals surface area contributed by atoms with Crippen molar-refractivity contribution in [2.75, 3.05) is 20.1 Å². The van der Waals surface area contributed by atoms with Crippen molar-refractivity contribution in [3.63, 3.8) is 0 Å². The summed E-state index contributed by atoms with van der Waals surface area (Å²) in [4.78, 5) is 2.20. The molecule has 0 spiro atoms. The molecular weight excluding hydrogens is 215 g/mol. The highest BCUT2D eigenvalue weighted by molar-refractivity contribution is 5.16. The first-order chi connectivity index (χ1) is 8.02. The molecule has 3 heteroatoms. The quantitative estimate of drug-likeness (QED) is 0.825. The predicted octanol–water partition coefficient (Wildman–Crippen LogP) is 2.49. The average molecular weight is 238 g/mol. The molecule has 0 saturated heterocycles. The second-order valence-corrected chi connectivity index (χ2v) is 5.07. The third-order valence-electron chi connectivity index (χ3n) is 3.13. The number of benzene rings is 1. The largest absolute Gasteiger partial charge is 0.330 e. The summed E-state index contributed by atoms with van der Waals surface area (Å²) in [7, 11) is 2.05. The van der Waals surface area contributed by atoms with Crippen molar-refractivity contribution in [3.05, 3.63) is 35.6 Å². The maximum atomic E-state index is 13.0. The van der Waals surface area contributed by atoms with Crippen molar-refractivity contribution >= 4 is 0 Å². The lowest BCUT2D eigenvalue weighted by Crippen LogP contribution is -2.32. The molecule has 1 aromatic carbocycles. The van der Waals surface area contributed by atoms with Gasteiger partial charge >= 0.3 is 0 Å². The van der Waals surface area contributed by atoms with Gasteiger partial charge in [-0.1, -0.05) is 26.0 Å². The molecule has 0 fully saturated rings. The van der Waals surface area contributed by atoms with E-state index in [2.05, 4.69) is 25.8 Å². The van der Waals surface area contributed by atoms with Crippen molar-refractivity contribution in [3.8, 4) is 0 Å². The smallest absolute Gasteiger partial charge is 0.123 e. The van der Waals surface area contributed by atoms with Crippen LogP contribution >= 0.6 is 0 Å². The molecule has 1 rings (SSSR count). The highest BCUT2D eigenvalue weighted by atomic mass is 19.1. The normalized spacial score (nSPS) is 13.4. The van der Waals surface area contributed by atoms with Crippen LogP contribution in [0.1, 0.15) is 19.4 Å². The monoisotopic (exact) mass is 238 g/mol. The fraction of sp³-hybridized carbons (Fsp3) is 0.571. The van der Waals surface area contributed by atoms with Gasteiger partial charge in [-0.05, 0) is 43.1 Å². The fourth-order valence-electron chi connectivity index (χ4n) is 1.97. The number of hydrogen-bond donors (Lipinski definition) is 1. The second kappa shape index (κ2) is 6.72. The van der Waals surface area contributed by atoms with Gasteiger partial charge in [0.25, 0.3) is 0 Å². The van der Waals surface area contributed by atoms with Crippen LogP contribution in [0.3, 0.4) is 0 Å². The van der Waals surface area contributed by atoms with E-state index in [1.54, 1.807) is 12.1 Å². The molecule has 17 heavy (non-hydrogen) atoms. The maximum Gasteiger partial charge on any atom is 0.123 e. The first-order valence-corrected chi connectivity index (χ1v) is 6.16. The van der Waals surface area contributed by atoms with Crippen molar-refractivity contribution in [1.29, 1.82) is 0 Å². The van der Waals surface area contributed by atoms with Crippen molar-refractivity contribution in [1.82, 2.24) is 4.90 Å². The maximum absolute atomic E-state index is 13.0. The van der Waals surface area contributed by atoms with Gasteiger partial charge in [0.05, 0.1) is 0 Å². The summed E-state index contributed by atoms with van der Waals surface area (Å²) in [6, 6.07) is 6.76. The van der Waals surface area contributed by atoms with E-state index in [9.17, 15) is 4.39 Å². The lowest BCUT2D eigenvalue weighted by molar-refractivity contribution is 0.234. The van der Waals surface area contributed by atoms with Crippen LogP contribution in [0, 0.1) is 17.7 Å². The molecule has 0 aliphatic heterocycles. The van der Waals surface area contributed by atoms with E-state index >= 15 is 0 Å². The molecule has 0 radical (unpaired) electrons. The molecule has 0 aromatic heterocycles. The summed E-state index contributed by atoms with van der Waals surface area (Å²) in [6.07, 6.45) is 0. The molecule has 0 saturated carbocycles. The van der Waals surface area contributed by atoms with Crippen LogP contribution in [-0.4, -0.2) is 25.0 Å². The lowest BCUT2D eigenvalue weighted by Gasteiger charge is -2.25. The Balaban J connectivity index is 2.51. The Morgan fingerprint density at radius 2 is 2.06 bits per heavy atom. The first kappa shape index (κ1) is 14.1. The van der Waals surface area contributed by atoms with E-state index in [4.69, 9.17) is 5.73 Å². The standard InChI is InChI=1S/C14H23FN2/c1-11(2)13(8-16)10-17(3)9-12-5-4-6-14(15)7-12/h4-7,11,13H,8-10,16H2,1-3H3. The Bertz CT molecular complexity index is 339. The Morgan fingerprint density at radius 3 is 2.59 bits per heavy atom. The minimum Gasteiger partial charge on any atom is -0.330 e. The molecule has 0 bridgehead atoms. The molecule has 2 nitrogen and oxygen atoms in total. The van der Waals surface area contributed by atoms with Crippen LogP contribution in [0.15, 0.2) is 24.3 Å². The van der Waals surface area contributed by atoms with Crippen molar-refractivity contribution in [2.24, 2.45) is 17.6 Å². The summed E-state index contributed by atoms with van der Waals surface area (Å²) in [6.45, 7) is 6.79. The van der Waals surface area contributed by atoms with E-state index in [-0.39, 0.29) is 5.82 Å². The van der Waals surface area contributed by atoms with Crippen molar-refractivity contribution in [2.45, 2.75) is 20.4 Å². The van der Waals surface area contributed by atoms with Crippen LogP contribution in [0.2, 0.25) is 0 Å². The van der Waals surface area contributed by atoms with Gasteiger partial charge in [0, 0.05) is 13.1 Å². The predicted molar refractivity (Wildman–Crippen MR) is 70.1 cm³/mol. The third-order valence-corrected chi connectivity index (χ3v) is 3.13. The van der Waals surface area contributed by atoms with Crippen LogP contribution in [0.5, 0.6) is 0 Å². The summed E-state index contributed by atoms with van der Waals surface area (Å²) in [5.41, 5.74) is 6.76. The van der Waals surface area contributed by atoms with Crippen LogP contribution in [0.25, 0.3) is 0 Å². The molecule has 0 amide bonds. The Morgan fingerprint density at radius 1 is 1.35 bits per heavy atom. The van der Waals surface area contributed by atoms with E-state index in [1.807, 2.05) is 6.07 Å². The van der Waals surface area contributed by atoms with Gasteiger partial charge in [-0.25, -0.2) is 4.39 Å². The van der Waals surface area contributed by atoms with Gasteiger partial charge in [-0.2, -0.15) is 0 Å². The molecule has 1 atom stereocenters. The van der Waals surface area contributed by atoms with Gasteiger partial charge in [0.2, 0.25) is 0 Å². The number of halogens is 1. The summed E-state index contributed by atoms with van der Waals surface area (Å²) < 4.78 is 13.0. The van der Waals surface area contributed by atoms with E-state index in [0.29, 0.717) is 18.4 Å². The highest BCUT2D eigenvalue weighted by Gasteiger charge is 2.14. The molecule has 1 unspecified atom stereocenters. The van der Waals surface area contributed by atoms with Crippen molar-refractivity contribution < 1.29 is 4.39 Å². The average Bonchev–Trinajstić information content (AvgIpc) is 2.25. The number of nitrogens with two attached hydrogens (primary N) is 1. The second-order valence-electron chi connectivity index (χ2n) is 5.07. The van der Waals surface area contributed by atoms with Gasteiger partial charge in [-0.3, -0.25) is 0 Å². The molecule has 2 N–H and O–H groups in total. The Labute approximate surface area is 104 Å². The topological polar surface area (TPSA) is 29.3 Å². The minimum atomic E-state index is -0.171. The van der Waals surface area contributed by atoms with E-state index in [0.717, 1.165) is 18.7 Å². The zero-order valence-electron chi connectivity index (χ0n) is 11.0. The summed E-state index contributed by atoms with van der Waals surface area (Å²) >= 11 is 0. The summed E-state index contributed by atoms with van der Waals surface area (Å²) in [5, 5.41) is 0.